The van der Waals surface area contributed by atoms with Gasteiger partial charge in [-0.05, 0) is 31.2 Å². The van der Waals surface area contributed by atoms with Crippen molar-refractivity contribution in [3.05, 3.63) is 78.6 Å². The van der Waals surface area contributed by atoms with Gasteiger partial charge in [-0.3, -0.25) is 0 Å². The molecule has 0 saturated carbocycles. The molecule has 0 spiro atoms. The molecule has 0 N–H and O–H groups in total. The van der Waals surface area contributed by atoms with Gasteiger partial charge in [0.2, 0.25) is 0 Å². The molecule has 0 saturated heterocycles. The second-order valence-electron chi connectivity index (χ2n) is 3.62. The summed E-state index contributed by atoms with van der Waals surface area (Å²) in [5.41, 5.74) is 2.55. The molecule has 16 heavy (non-hydrogen) atoms. The highest BCUT2D eigenvalue weighted by molar-refractivity contribution is 5.48. The van der Waals surface area contributed by atoms with Crippen molar-refractivity contribution in [2.45, 2.75) is 6.92 Å². The predicted octanol–water partition coefficient (Wildman–Crippen LogP) is 3.93. The number of nitrogens with zero attached hydrogens (tertiary/aromatic N) is 1. The molecule has 2 aromatic heterocycles. The molecule has 0 aliphatic carbocycles. The SMILES string of the molecule is Cc1ccc2ccccn12.c1ccccc1. The van der Waals surface area contributed by atoms with Gasteiger partial charge in [-0.1, -0.05) is 42.5 Å². The fourth-order valence-electron chi connectivity index (χ4n) is 1.58. The lowest BCUT2D eigenvalue weighted by atomic mass is 10.4. The summed E-state index contributed by atoms with van der Waals surface area (Å²) in [6.07, 6.45) is 2.07. The number of fused-ring (bicyclic) bond motifs is 1. The molecule has 1 aromatic carbocycles. The summed E-state index contributed by atoms with van der Waals surface area (Å²) in [6.45, 7) is 2.10. The van der Waals surface area contributed by atoms with E-state index in [0.29, 0.717) is 0 Å². The van der Waals surface area contributed by atoms with Crippen molar-refractivity contribution in [1.29, 1.82) is 0 Å². The normalized spacial score (nSPS) is 9.56. The van der Waals surface area contributed by atoms with Gasteiger partial charge in [-0.2, -0.15) is 0 Å². The van der Waals surface area contributed by atoms with Crippen LogP contribution in [0.4, 0.5) is 0 Å². The molecule has 0 radical (unpaired) electrons. The molecule has 0 aliphatic heterocycles. The Morgan fingerprint density at radius 1 is 0.688 bits per heavy atom. The maximum absolute atomic E-state index is 2.17. The number of aromatic nitrogens is 1. The van der Waals surface area contributed by atoms with Crippen LogP contribution in [0.15, 0.2) is 72.9 Å². The quantitative estimate of drug-likeness (QED) is 0.528. The average molecular weight is 209 g/mol. The van der Waals surface area contributed by atoms with Crippen LogP contribution >= 0.6 is 0 Å². The third-order valence-electron chi connectivity index (χ3n) is 2.43. The molecule has 3 rings (SSSR count). The number of pyridine rings is 1. The standard InChI is InChI=1S/C9H9N.C6H6/c1-8-5-6-9-4-2-3-7-10(8)9;1-2-4-6-5-3-1/h2-7H,1H3;1-6H. The van der Waals surface area contributed by atoms with E-state index >= 15 is 0 Å². The van der Waals surface area contributed by atoms with Crippen molar-refractivity contribution in [2.24, 2.45) is 0 Å². The molecule has 3 aromatic rings. The zero-order valence-electron chi connectivity index (χ0n) is 9.38. The number of aryl methyl sites for hydroxylation is 1. The van der Waals surface area contributed by atoms with Crippen molar-refractivity contribution in [3.63, 3.8) is 0 Å². The third-order valence-corrected chi connectivity index (χ3v) is 2.43. The zero-order valence-corrected chi connectivity index (χ0v) is 9.38. The van der Waals surface area contributed by atoms with E-state index in [0.717, 1.165) is 0 Å². The Morgan fingerprint density at radius 3 is 1.88 bits per heavy atom. The summed E-state index contributed by atoms with van der Waals surface area (Å²) in [4.78, 5) is 0. The van der Waals surface area contributed by atoms with E-state index in [1.54, 1.807) is 0 Å². The van der Waals surface area contributed by atoms with Gasteiger partial charge in [0, 0.05) is 17.4 Å². The highest BCUT2D eigenvalue weighted by atomic mass is 14.9. The minimum absolute atomic E-state index is 1.26. The predicted molar refractivity (Wildman–Crippen MR) is 68.6 cm³/mol. The number of hydrogen-bond acceptors (Lipinski definition) is 0. The lowest BCUT2D eigenvalue weighted by Crippen LogP contribution is -1.82. The van der Waals surface area contributed by atoms with Crippen LogP contribution in [0.1, 0.15) is 5.69 Å². The Balaban J connectivity index is 0.000000138. The fourth-order valence-corrected chi connectivity index (χ4v) is 1.58. The van der Waals surface area contributed by atoms with Crippen LogP contribution in [0.3, 0.4) is 0 Å². The van der Waals surface area contributed by atoms with Crippen molar-refractivity contribution >= 4 is 5.52 Å². The van der Waals surface area contributed by atoms with Crippen LogP contribution in [-0.4, -0.2) is 4.40 Å². The minimum Gasteiger partial charge on any atom is -0.321 e. The van der Waals surface area contributed by atoms with E-state index < -0.39 is 0 Å². The molecular weight excluding hydrogens is 194 g/mol. The summed E-state index contributed by atoms with van der Waals surface area (Å²) in [5, 5.41) is 0. The minimum atomic E-state index is 1.26. The first-order chi connectivity index (χ1) is 7.88. The average Bonchev–Trinajstić information content (AvgIpc) is 2.75. The Kier molecular flexibility index (Phi) is 3.39. The van der Waals surface area contributed by atoms with E-state index in [-0.39, 0.29) is 0 Å². The van der Waals surface area contributed by atoms with Gasteiger partial charge in [0.15, 0.2) is 0 Å². The molecule has 0 bridgehead atoms. The first kappa shape index (κ1) is 10.5. The molecule has 0 atom stereocenters. The van der Waals surface area contributed by atoms with Gasteiger partial charge >= 0.3 is 0 Å². The Morgan fingerprint density at radius 2 is 1.31 bits per heavy atom. The largest absolute Gasteiger partial charge is 0.321 e. The van der Waals surface area contributed by atoms with Crippen molar-refractivity contribution in [1.82, 2.24) is 4.40 Å². The second-order valence-corrected chi connectivity index (χ2v) is 3.62. The van der Waals surface area contributed by atoms with Gasteiger partial charge < -0.3 is 4.40 Å². The first-order valence-corrected chi connectivity index (χ1v) is 5.40. The first-order valence-electron chi connectivity index (χ1n) is 5.40. The van der Waals surface area contributed by atoms with Gasteiger partial charge in [0.1, 0.15) is 0 Å². The molecule has 1 heteroatoms. The van der Waals surface area contributed by atoms with E-state index in [2.05, 4.69) is 41.8 Å². The van der Waals surface area contributed by atoms with E-state index in [9.17, 15) is 0 Å². The van der Waals surface area contributed by atoms with Gasteiger partial charge in [-0.25, -0.2) is 0 Å². The topological polar surface area (TPSA) is 4.41 Å². The Bertz CT molecular complexity index is 511. The maximum atomic E-state index is 2.17. The molecule has 0 unspecified atom stereocenters. The fraction of sp³-hybridized carbons (Fsp3) is 0.0667. The molecule has 0 aliphatic rings. The summed E-state index contributed by atoms with van der Waals surface area (Å²) in [5.74, 6) is 0. The van der Waals surface area contributed by atoms with Gasteiger partial charge in [0.05, 0.1) is 0 Å². The smallest absolute Gasteiger partial charge is 0.0452 e. The number of benzene rings is 1. The van der Waals surface area contributed by atoms with Gasteiger partial charge in [-0.15, -0.1) is 0 Å². The Labute approximate surface area is 96.0 Å². The lowest BCUT2D eigenvalue weighted by molar-refractivity contribution is 1.11. The van der Waals surface area contributed by atoms with Crippen molar-refractivity contribution < 1.29 is 0 Å². The van der Waals surface area contributed by atoms with Crippen molar-refractivity contribution in [2.75, 3.05) is 0 Å². The van der Waals surface area contributed by atoms with Crippen LogP contribution in [0, 0.1) is 6.92 Å². The number of hydrogen-bond donors (Lipinski definition) is 0. The molecular formula is C15H15N. The summed E-state index contributed by atoms with van der Waals surface area (Å²) < 4.78 is 2.17. The Hall–Kier alpha value is -2.02. The molecule has 80 valence electrons. The monoisotopic (exact) mass is 209 g/mol. The van der Waals surface area contributed by atoms with Gasteiger partial charge in [0.25, 0.3) is 0 Å². The van der Waals surface area contributed by atoms with Crippen LogP contribution in [-0.2, 0) is 0 Å². The van der Waals surface area contributed by atoms with Crippen LogP contribution < -0.4 is 0 Å². The molecule has 0 amide bonds. The van der Waals surface area contributed by atoms with Crippen molar-refractivity contribution in [3.8, 4) is 0 Å². The van der Waals surface area contributed by atoms with Crippen LogP contribution in [0.5, 0.6) is 0 Å². The molecule has 1 nitrogen and oxygen atoms in total. The number of rotatable bonds is 0. The van der Waals surface area contributed by atoms with Crippen LogP contribution in [0.2, 0.25) is 0 Å². The van der Waals surface area contributed by atoms with E-state index in [1.165, 1.54) is 11.2 Å². The highest BCUT2D eigenvalue weighted by Gasteiger charge is 1.91. The summed E-state index contributed by atoms with van der Waals surface area (Å²) >= 11 is 0. The zero-order chi connectivity index (χ0) is 11.2. The maximum Gasteiger partial charge on any atom is 0.0452 e. The third kappa shape index (κ3) is 2.51. The second kappa shape index (κ2) is 5.17. The highest BCUT2D eigenvalue weighted by Crippen LogP contribution is 2.07. The molecule has 0 fully saturated rings. The summed E-state index contributed by atoms with van der Waals surface area (Å²) in [7, 11) is 0. The summed E-state index contributed by atoms with van der Waals surface area (Å²) in [6, 6.07) is 22.4. The van der Waals surface area contributed by atoms with Crippen LogP contribution in [0.25, 0.3) is 5.52 Å². The lowest BCUT2D eigenvalue weighted by Gasteiger charge is -1.93. The molecule has 2 heterocycles. The van der Waals surface area contributed by atoms with E-state index in [4.69, 9.17) is 0 Å². The van der Waals surface area contributed by atoms with E-state index in [1.807, 2.05) is 42.5 Å².